The molecular weight excluding hydrogens is 274 g/mol. The summed E-state index contributed by atoms with van der Waals surface area (Å²) in [6.45, 7) is 3.76. The lowest BCUT2D eigenvalue weighted by molar-refractivity contribution is 0.513. The van der Waals surface area contributed by atoms with E-state index in [9.17, 15) is 0 Å². The third-order valence-corrected chi connectivity index (χ3v) is 3.72. The summed E-state index contributed by atoms with van der Waals surface area (Å²) in [5.74, 6) is 0. The topological polar surface area (TPSA) is 69.2 Å². The van der Waals surface area contributed by atoms with Gasteiger partial charge in [0.05, 0.1) is 11.9 Å². The van der Waals surface area contributed by atoms with E-state index in [1.807, 2.05) is 22.6 Å². The van der Waals surface area contributed by atoms with Crippen molar-refractivity contribution in [3.05, 3.63) is 22.9 Å². The van der Waals surface area contributed by atoms with Gasteiger partial charge in [0.15, 0.2) is 10.4 Å². The fraction of sp³-hybridized carbons (Fsp3) is 0.500. The summed E-state index contributed by atoms with van der Waals surface area (Å²) < 4.78 is 6.58. The SMILES string of the molecule is CCc1nn(C)c2c1[nH]c(=S)n2CCCn1ccnn1. The number of aromatic amines is 1. The van der Waals surface area contributed by atoms with Crippen molar-refractivity contribution in [2.45, 2.75) is 32.9 Å². The molecule has 0 aliphatic carbocycles. The Balaban J connectivity index is 1.85. The summed E-state index contributed by atoms with van der Waals surface area (Å²) in [5.41, 5.74) is 3.18. The van der Waals surface area contributed by atoms with Crippen LogP contribution in [0.3, 0.4) is 0 Å². The Hall–Kier alpha value is -1.96. The van der Waals surface area contributed by atoms with Crippen LogP contribution in [0.15, 0.2) is 12.4 Å². The van der Waals surface area contributed by atoms with Gasteiger partial charge in [-0.25, -0.2) is 0 Å². The lowest BCUT2D eigenvalue weighted by Crippen LogP contribution is -2.07. The van der Waals surface area contributed by atoms with Crippen LogP contribution in [0.4, 0.5) is 0 Å². The van der Waals surface area contributed by atoms with Gasteiger partial charge in [0.2, 0.25) is 0 Å². The molecule has 7 nitrogen and oxygen atoms in total. The van der Waals surface area contributed by atoms with Crippen LogP contribution < -0.4 is 0 Å². The molecule has 0 unspecified atom stereocenters. The minimum absolute atomic E-state index is 0.751. The van der Waals surface area contributed by atoms with Gasteiger partial charge >= 0.3 is 0 Å². The van der Waals surface area contributed by atoms with Gasteiger partial charge in [0.1, 0.15) is 5.52 Å². The van der Waals surface area contributed by atoms with E-state index < -0.39 is 0 Å². The second kappa shape index (κ2) is 5.20. The largest absolute Gasteiger partial charge is 0.328 e. The number of rotatable bonds is 5. The van der Waals surface area contributed by atoms with Crippen molar-refractivity contribution in [2.75, 3.05) is 0 Å². The summed E-state index contributed by atoms with van der Waals surface area (Å²) in [7, 11) is 1.96. The monoisotopic (exact) mass is 291 g/mol. The summed E-state index contributed by atoms with van der Waals surface area (Å²) in [4.78, 5) is 3.27. The molecule has 0 amide bonds. The first-order valence-electron chi connectivity index (χ1n) is 6.69. The minimum atomic E-state index is 0.751. The van der Waals surface area contributed by atoms with Crippen molar-refractivity contribution in [3.63, 3.8) is 0 Å². The molecular formula is C12H17N7S. The smallest absolute Gasteiger partial charge is 0.179 e. The van der Waals surface area contributed by atoms with Crippen molar-refractivity contribution in [1.29, 1.82) is 0 Å². The lowest BCUT2D eigenvalue weighted by Gasteiger charge is -2.04. The first kappa shape index (κ1) is 13.0. The highest BCUT2D eigenvalue weighted by Crippen LogP contribution is 2.18. The van der Waals surface area contributed by atoms with Crippen LogP contribution in [0.2, 0.25) is 0 Å². The Labute approximate surface area is 121 Å². The predicted molar refractivity (Wildman–Crippen MR) is 77.9 cm³/mol. The number of fused-ring (bicyclic) bond motifs is 1. The molecule has 0 aliphatic heterocycles. The van der Waals surface area contributed by atoms with E-state index in [0.717, 1.165) is 47.6 Å². The van der Waals surface area contributed by atoms with Gasteiger partial charge in [-0.3, -0.25) is 9.36 Å². The van der Waals surface area contributed by atoms with E-state index in [1.54, 1.807) is 6.20 Å². The van der Waals surface area contributed by atoms with Crippen LogP contribution in [0.25, 0.3) is 11.2 Å². The molecule has 3 aromatic heterocycles. The zero-order valence-electron chi connectivity index (χ0n) is 11.6. The summed E-state index contributed by atoms with van der Waals surface area (Å²) in [5, 5.41) is 12.3. The van der Waals surface area contributed by atoms with Gasteiger partial charge < -0.3 is 9.55 Å². The molecule has 3 rings (SSSR count). The Kier molecular flexibility index (Phi) is 3.39. The fourth-order valence-corrected chi connectivity index (χ4v) is 2.76. The van der Waals surface area contributed by atoms with Crippen LogP contribution in [0, 0.1) is 4.77 Å². The molecule has 0 fully saturated rings. The normalized spacial score (nSPS) is 11.5. The number of aryl methyl sites for hydroxylation is 4. The first-order valence-corrected chi connectivity index (χ1v) is 7.10. The van der Waals surface area contributed by atoms with Gasteiger partial charge in [-0.2, -0.15) is 5.10 Å². The van der Waals surface area contributed by atoms with Crippen LogP contribution in [-0.2, 0) is 26.6 Å². The number of nitrogens with zero attached hydrogens (tertiary/aromatic N) is 6. The standard InChI is InChI=1S/C12H17N7S/c1-3-9-10-11(17(2)15-9)19(12(20)14-10)7-4-6-18-8-5-13-16-18/h5,8H,3-4,6-7H2,1-2H3,(H,14,20). The fourth-order valence-electron chi connectivity index (χ4n) is 2.48. The van der Waals surface area contributed by atoms with Crippen LogP contribution in [0.5, 0.6) is 0 Å². The maximum atomic E-state index is 5.42. The Morgan fingerprint density at radius 3 is 2.90 bits per heavy atom. The molecule has 0 atom stereocenters. The van der Waals surface area contributed by atoms with E-state index in [-0.39, 0.29) is 0 Å². The van der Waals surface area contributed by atoms with Crippen molar-refractivity contribution >= 4 is 23.4 Å². The maximum Gasteiger partial charge on any atom is 0.179 e. The molecule has 0 aromatic carbocycles. The first-order chi connectivity index (χ1) is 9.70. The van der Waals surface area contributed by atoms with Crippen molar-refractivity contribution in [3.8, 4) is 0 Å². The maximum absolute atomic E-state index is 5.42. The molecule has 0 saturated carbocycles. The average Bonchev–Trinajstić information content (AvgIpc) is 3.10. The van der Waals surface area contributed by atoms with E-state index in [4.69, 9.17) is 12.2 Å². The molecule has 0 aliphatic rings. The predicted octanol–water partition coefficient (Wildman–Crippen LogP) is 1.68. The molecule has 0 saturated heterocycles. The Morgan fingerprint density at radius 2 is 2.20 bits per heavy atom. The number of hydrogen-bond acceptors (Lipinski definition) is 4. The van der Waals surface area contributed by atoms with Gasteiger partial charge in [-0.1, -0.05) is 12.1 Å². The molecule has 3 aromatic rings. The molecule has 0 radical (unpaired) electrons. The summed E-state index contributed by atoms with van der Waals surface area (Å²) >= 11 is 5.42. The quantitative estimate of drug-likeness (QED) is 0.726. The van der Waals surface area contributed by atoms with E-state index >= 15 is 0 Å². The number of H-pyrrole nitrogens is 1. The number of imidazole rings is 1. The molecule has 1 N–H and O–H groups in total. The van der Waals surface area contributed by atoms with E-state index in [0.29, 0.717) is 0 Å². The number of hydrogen-bond donors (Lipinski definition) is 1. The molecule has 106 valence electrons. The molecule has 3 heterocycles. The number of nitrogens with one attached hydrogen (secondary N) is 1. The van der Waals surface area contributed by atoms with Crippen molar-refractivity contribution < 1.29 is 0 Å². The molecule has 20 heavy (non-hydrogen) atoms. The van der Waals surface area contributed by atoms with Gasteiger partial charge in [0, 0.05) is 26.3 Å². The van der Waals surface area contributed by atoms with Gasteiger partial charge in [-0.05, 0) is 25.1 Å². The van der Waals surface area contributed by atoms with Gasteiger partial charge in [0.25, 0.3) is 0 Å². The van der Waals surface area contributed by atoms with Crippen LogP contribution >= 0.6 is 12.2 Å². The average molecular weight is 291 g/mol. The second-order valence-corrected chi connectivity index (χ2v) is 5.11. The summed E-state index contributed by atoms with van der Waals surface area (Å²) in [6, 6.07) is 0. The zero-order valence-corrected chi connectivity index (χ0v) is 12.4. The Bertz CT molecular complexity index is 762. The van der Waals surface area contributed by atoms with Gasteiger partial charge in [-0.15, -0.1) is 5.10 Å². The zero-order chi connectivity index (χ0) is 14.1. The Morgan fingerprint density at radius 1 is 1.35 bits per heavy atom. The van der Waals surface area contributed by atoms with E-state index in [2.05, 4.69) is 31.9 Å². The van der Waals surface area contributed by atoms with Crippen LogP contribution in [-0.4, -0.2) is 34.3 Å². The highest BCUT2D eigenvalue weighted by Gasteiger charge is 2.13. The number of aromatic nitrogens is 7. The second-order valence-electron chi connectivity index (χ2n) is 4.72. The lowest BCUT2D eigenvalue weighted by atomic mass is 10.3. The van der Waals surface area contributed by atoms with Crippen LogP contribution in [0.1, 0.15) is 19.0 Å². The highest BCUT2D eigenvalue weighted by molar-refractivity contribution is 7.71. The highest BCUT2D eigenvalue weighted by atomic mass is 32.1. The third kappa shape index (κ3) is 2.15. The van der Waals surface area contributed by atoms with Crippen molar-refractivity contribution in [1.82, 2.24) is 34.3 Å². The van der Waals surface area contributed by atoms with Crippen molar-refractivity contribution in [2.24, 2.45) is 7.05 Å². The molecule has 8 heteroatoms. The van der Waals surface area contributed by atoms with E-state index in [1.165, 1.54) is 0 Å². The minimum Gasteiger partial charge on any atom is -0.328 e. The summed E-state index contributed by atoms with van der Waals surface area (Å²) in [6.07, 6.45) is 5.39. The molecule has 0 spiro atoms. The third-order valence-electron chi connectivity index (χ3n) is 3.40. The molecule has 0 bridgehead atoms.